The first-order valence-electron chi connectivity index (χ1n) is 8.08. The maximum atomic E-state index is 11.9. The molecule has 0 radical (unpaired) electrons. The van der Waals surface area contributed by atoms with Crippen molar-refractivity contribution >= 4 is 16.4 Å². The Labute approximate surface area is 160 Å². The van der Waals surface area contributed by atoms with Crippen molar-refractivity contribution in [3.63, 3.8) is 0 Å². The lowest BCUT2D eigenvalue weighted by molar-refractivity contribution is 0.112. The standard InChI is InChI=1S/C20H16O7S/c21-11-12-7-14(9-15(22)8-12)20(13-5-6-17(23)18(24)10-13)16-3-1-2-4-19(16)28(25,26)27/h1-11,20,22-24H,(H,25,26,27). The van der Waals surface area contributed by atoms with Crippen LogP contribution in [0, 0.1) is 0 Å². The number of aldehydes is 1. The van der Waals surface area contributed by atoms with E-state index in [1.807, 2.05) is 0 Å². The first-order valence-corrected chi connectivity index (χ1v) is 9.52. The molecule has 0 fully saturated rings. The molecule has 0 aliphatic rings. The van der Waals surface area contributed by atoms with Crippen LogP contribution in [0.15, 0.2) is 65.6 Å². The molecule has 144 valence electrons. The molecule has 8 heteroatoms. The molecule has 0 aliphatic carbocycles. The third kappa shape index (κ3) is 3.83. The van der Waals surface area contributed by atoms with Crippen molar-refractivity contribution in [2.45, 2.75) is 10.8 Å². The summed E-state index contributed by atoms with van der Waals surface area (Å²) in [7, 11) is -4.58. The van der Waals surface area contributed by atoms with E-state index in [1.54, 1.807) is 6.07 Å². The van der Waals surface area contributed by atoms with Gasteiger partial charge in [0.25, 0.3) is 10.1 Å². The van der Waals surface area contributed by atoms with Gasteiger partial charge in [0.1, 0.15) is 12.0 Å². The Kier molecular flexibility index (Phi) is 5.08. The number of carbonyl (C=O) groups is 1. The van der Waals surface area contributed by atoms with Gasteiger partial charge in [-0.1, -0.05) is 24.3 Å². The summed E-state index contributed by atoms with van der Waals surface area (Å²) in [6, 6.07) is 13.7. The summed E-state index contributed by atoms with van der Waals surface area (Å²) < 4.78 is 33.4. The lowest BCUT2D eigenvalue weighted by atomic mass is 9.84. The summed E-state index contributed by atoms with van der Waals surface area (Å²) in [6.07, 6.45) is 0.531. The van der Waals surface area contributed by atoms with Crippen molar-refractivity contribution in [1.82, 2.24) is 0 Å². The maximum Gasteiger partial charge on any atom is 0.294 e. The van der Waals surface area contributed by atoms with E-state index in [2.05, 4.69) is 0 Å². The minimum Gasteiger partial charge on any atom is -0.508 e. The van der Waals surface area contributed by atoms with E-state index in [4.69, 9.17) is 0 Å². The number of aromatic hydroxyl groups is 3. The van der Waals surface area contributed by atoms with Crippen LogP contribution in [0.4, 0.5) is 0 Å². The van der Waals surface area contributed by atoms with Crippen molar-refractivity contribution in [2.75, 3.05) is 0 Å². The third-order valence-corrected chi connectivity index (χ3v) is 5.20. The van der Waals surface area contributed by atoms with Gasteiger partial charge in [0.2, 0.25) is 0 Å². The fourth-order valence-corrected chi connectivity index (χ4v) is 3.85. The van der Waals surface area contributed by atoms with Gasteiger partial charge in [0.05, 0.1) is 4.90 Å². The Bertz CT molecular complexity index is 1150. The number of hydrogen-bond acceptors (Lipinski definition) is 6. The van der Waals surface area contributed by atoms with E-state index in [9.17, 15) is 33.1 Å². The SMILES string of the molecule is O=Cc1cc(O)cc(C(c2ccc(O)c(O)c2)c2ccccc2S(=O)(=O)O)c1. The first kappa shape index (κ1) is 19.4. The molecule has 28 heavy (non-hydrogen) atoms. The molecule has 1 atom stereocenters. The lowest BCUT2D eigenvalue weighted by Gasteiger charge is -2.22. The highest BCUT2D eigenvalue weighted by Crippen LogP contribution is 2.39. The van der Waals surface area contributed by atoms with Gasteiger partial charge < -0.3 is 15.3 Å². The van der Waals surface area contributed by atoms with E-state index in [1.165, 1.54) is 54.6 Å². The minimum atomic E-state index is -4.58. The molecule has 4 N–H and O–H groups in total. The molecule has 1 unspecified atom stereocenters. The van der Waals surface area contributed by atoms with Crippen molar-refractivity contribution in [2.24, 2.45) is 0 Å². The first-order chi connectivity index (χ1) is 13.2. The molecule has 7 nitrogen and oxygen atoms in total. The molecule has 0 saturated carbocycles. The molecule has 3 aromatic carbocycles. The van der Waals surface area contributed by atoms with Gasteiger partial charge in [0.15, 0.2) is 11.5 Å². The molecular formula is C20H16O7S. The van der Waals surface area contributed by atoms with Crippen LogP contribution >= 0.6 is 0 Å². The smallest absolute Gasteiger partial charge is 0.294 e. The van der Waals surface area contributed by atoms with Crippen LogP contribution < -0.4 is 0 Å². The minimum absolute atomic E-state index is 0.160. The molecule has 0 bridgehead atoms. The molecule has 3 rings (SSSR count). The van der Waals surface area contributed by atoms with Crippen LogP contribution in [0.25, 0.3) is 0 Å². The number of rotatable bonds is 5. The summed E-state index contributed by atoms with van der Waals surface area (Å²) in [6.45, 7) is 0. The topological polar surface area (TPSA) is 132 Å². The van der Waals surface area contributed by atoms with Gasteiger partial charge in [0, 0.05) is 11.5 Å². The average molecular weight is 400 g/mol. The summed E-state index contributed by atoms with van der Waals surface area (Å²) in [5, 5.41) is 29.5. The van der Waals surface area contributed by atoms with Gasteiger partial charge in [-0.2, -0.15) is 8.42 Å². The van der Waals surface area contributed by atoms with Gasteiger partial charge in [-0.3, -0.25) is 9.35 Å². The second kappa shape index (κ2) is 7.34. The van der Waals surface area contributed by atoms with Gasteiger partial charge in [-0.05, 0) is 53.1 Å². The Balaban J connectivity index is 2.35. The summed E-state index contributed by atoms with van der Waals surface area (Å²) in [5.41, 5.74) is 1.04. The highest BCUT2D eigenvalue weighted by atomic mass is 32.2. The third-order valence-electron chi connectivity index (χ3n) is 4.27. The molecule has 0 saturated heterocycles. The molecule has 3 aromatic rings. The van der Waals surface area contributed by atoms with Gasteiger partial charge in [-0.25, -0.2) is 0 Å². The van der Waals surface area contributed by atoms with Gasteiger partial charge >= 0.3 is 0 Å². The number of hydrogen-bond donors (Lipinski definition) is 4. The highest BCUT2D eigenvalue weighted by Gasteiger charge is 2.26. The Morgan fingerprint density at radius 1 is 0.821 bits per heavy atom. The second-order valence-electron chi connectivity index (χ2n) is 6.17. The summed E-state index contributed by atoms with van der Waals surface area (Å²) in [4.78, 5) is 10.9. The van der Waals surface area contributed by atoms with Gasteiger partial charge in [-0.15, -0.1) is 0 Å². The van der Waals surface area contributed by atoms with Crippen LogP contribution in [0.3, 0.4) is 0 Å². The number of carbonyl (C=O) groups excluding carboxylic acids is 1. The van der Waals surface area contributed by atoms with Crippen LogP contribution in [0.1, 0.15) is 33.0 Å². The van der Waals surface area contributed by atoms with Crippen molar-refractivity contribution in [1.29, 1.82) is 0 Å². The van der Waals surface area contributed by atoms with E-state index >= 15 is 0 Å². The average Bonchev–Trinajstić information content (AvgIpc) is 2.64. The monoisotopic (exact) mass is 400 g/mol. The van der Waals surface area contributed by atoms with Crippen LogP contribution in [0.2, 0.25) is 0 Å². The number of phenols is 3. The lowest BCUT2D eigenvalue weighted by Crippen LogP contribution is -2.10. The molecule has 0 aromatic heterocycles. The van der Waals surface area contributed by atoms with Crippen LogP contribution in [0.5, 0.6) is 17.2 Å². The zero-order valence-corrected chi connectivity index (χ0v) is 15.2. The number of benzene rings is 3. The molecule has 0 aliphatic heterocycles. The Morgan fingerprint density at radius 3 is 2.18 bits per heavy atom. The van der Waals surface area contributed by atoms with Crippen LogP contribution in [-0.2, 0) is 10.1 Å². The van der Waals surface area contributed by atoms with E-state index in [-0.39, 0.29) is 27.5 Å². The molecule has 0 spiro atoms. The van der Waals surface area contributed by atoms with Crippen molar-refractivity contribution in [3.05, 3.63) is 82.9 Å². The van der Waals surface area contributed by atoms with E-state index < -0.39 is 21.8 Å². The van der Waals surface area contributed by atoms with Crippen molar-refractivity contribution in [3.8, 4) is 17.2 Å². The van der Waals surface area contributed by atoms with Crippen LogP contribution in [-0.4, -0.2) is 34.6 Å². The molecule has 0 amide bonds. The zero-order chi connectivity index (χ0) is 20.5. The zero-order valence-electron chi connectivity index (χ0n) is 14.4. The van der Waals surface area contributed by atoms with Crippen molar-refractivity contribution < 1.29 is 33.1 Å². The summed E-state index contributed by atoms with van der Waals surface area (Å²) >= 11 is 0. The van der Waals surface area contributed by atoms with E-state index in [0.29, 0.717) is 17.4 Å². The summed E-state index contributed by atoms with van der Waals surface area (Å²) in [5.74, 6) is -1.88. The quantitative estimate of drug-likeness (QED) is 0.224. The number of phenolic OH excluding ortho intramolecular Hbond substituents is 3. The predicted molar refractivity (Wildman–Crippen MR) is 100 cm³/mol. The predicted octanol–water partition coefficient (Wildman–Crippen LogP) is 3.04. The molecular weight excluding hydrogens is 384 g/mol. The maximum absolute atomic E-state index is 11.9. The van der Waals surface area contributed by atoms with E-state index in [0.717, 1.165) is 0 Å². The fraction of sp³-hybridized carbons (Fsp3) is 0.0500. The normalized spacial score (nSPS) is 12.5. The Hall–Kier alpha value is -3.36. The molecule has 0 heterocycles. The largest absolute Gasteiger partial charge is 0.508 e. The second-order valence-corrected chi connectivity index (χ2v) is 7.56. The Morgan fingerprint density at radius 2 is 1.54 bits per heavy atom. The highest BCUT2D eigenvalue weighted by molar-refractivity contribution is 7.85. The fourth-order valence-electron chi connectivity index (χ4n) is 3.12.